The van der Waals surface area contributed by atoms with Crippen molar-refractivity contribution in [2.45, 2.75) is 6.42 Å². The lowest BCUT2D eigenvalue weighted by molar-refractivity contribution is -0.117. The van der Waals surface area contributed by atoms with Crippen LogP contribution in [0.3, 0.4) is 0 Å². The second-order valence-corrected chi connectivity index (χ2v) is 5.85. The van der Waals surface area contributed by atoms with E-state index in [1.807, 2.05) is 18.2 Å². The molecule has 1 fully saturated rings. The Morgan fingerprint density at radius 3 is 2.95 bits per heavy atom. The molecule has 1 saturated heterocycles. The number of carbonyl (C=O) groups is 1. The summed E-state index contributed by atoms with van der Waals surface area (Å²) in [5, 5.41) is 0.941. The largest absolute Gasteiger partial charge is 0.296 e. The van der Waals surface area contributed by atoms with Gasteiger partial charge in [-0.05, 0) is 39.7 Å². The molecule has 1 aromatic carbocycles. The van der Waals surface area contributed by atoms with Crippen LogP contribution in [-0.4, -0.2) is 22.4 Å². The predicted octanol–water partition coefficient (Wildman–Crippen LogP) is 3.58. The van der Waals surface area contributed by atoms with Crippen molar-refractivity contribution in [3.05, 3.63) is 40.6 Å². The van der Waals surface area contributed by atoms with E-state index in [-0.39, 0.29) is 17.1 Å². The molecular formula is C14H11BrClN3O. The standard InChI is InChI=1S/C14H11BrClN3O/c1-2-8-6-11(20)19(7-8)13-9-4-3-5-10(15)12(9)17-14(16)18-13/h2-5,8H,1,6-7H2. The van der Waals surface area contributed by atoms with Crippen molar-refractivity contribution >= 4 is 50.2 Å². The molecule has 1 unspecified atom stereocenters. The Morgan fingerprint density at radius 2 is 2.25 bits per heavy atom. The number of anilines is 1. The molecule has 0 spiro atoms. The van der Waals surface area contributed by atoms with Gasteiger partial charge >= 0.3 is 0 Å². The highest BCUT2D eigenvalue weighted by Crippen LogP contribution is 2.33. The first-order valence-corrected chi connectivity index (χ1v) is 7.32. The number of fused-ring (bicyclic) bond motifs is 1. The fraction of sp³-hybridized carbons (Fsp3) is 0.214. The van der Waals surface area contributed by atoms with E-state index < -0.39 is 0 Å². The second-order valence-electron chi connectivity index (χ2n) is 4.66. The molecule has 102 valence electrons. The minimum atomic E-state index is 0.0333. The Kier molecular flexibility index (Phi) is 3.48. The third-order valence-electron chi connectivity index (χ3n) is 3.37. The topological polar surface area (TPSA) is 46.1 Å². The Balaban J connectivity index is 2.19. The van der Waals surface area contributed by atoms with Gasteiger partial charge in [0.2, 0.25) is 11.2 Å². The number of benzene rings is 1. The molecule has 0 saturated carbocycles. The smallest absolute Gasteiger partial charge is 0.228 e. The summed E-state index contributed by atoms with van der Waals surface area (Å²) in [6, 6.07) is 5.66. The molecule has 4 nitrogen and oxygen atoms in total. The van der Waals surface area contributed by atoms with Gasteiger partial charge in [-0.15, -0.1) is 6.58 Å². The molecule has 0 radical (unpaired) electrons. The highest BCUT2D eigenvalue weighted by atomic mass is 79.9. The lowest BCUT2D eigenvalue weighted by atomic mass is 10.1. The fourth-order valence-electron chi connectivity index (χ4n) is 2.38. The van der Waals surface area contributed by atoms with Crippen molar-refractivity contribution in [2.24, 2.45) is 5.92 Å². The number of hydrogen-bond acceptors (Lipinski definition) is 3. The summed E-state index contributed by atoms with van der Waals surface area (Å²) in [5.74, 6) is 0.750. The van der Waals surface area contributed by atoms with Crippen LogP contribution in [0.1, 0.15) is 6.42 Å². The molecule has 3 rings (SSSR count). The molecule has 1 aliphatic rings. The van der Waals surface area contributed by atoms with Crippen LogP contribution in [0.5, 0.6) is 0 Å². The van der Waals surface area contributed by atoms with E-state index in [0.29, 0.717) is 24.3 Å². The molecule has 1 atom stereocenters. The maximum Gasteiger partial charge on any atom is 0.228 e. The molecule has 0 bridgehead atoms. The Hall–Kier alpha value is -1.46. The van der Waals surface area contributed by atoms with E-state index in [4.69, 9.17) is 11.6 Å². The van der Waals surface area contributed by atoms with Crippen LogP contribution in [0.25, 0.3) is 10.9 Å². The summed E-state index contributed by atoms with van der Waals surface area (Å²) in [6.07, 6.45) is 2.26. The van der Waals surface area contributed by atoms with Gasteiger partial charge in [-0.25, -0.2) is 4.98 Å². The number of halogens is 2. The van der Waals surface area contributed by atoms with Crippen molar-refractivity contribution in [3.63, 3.8) is 0 Å². The summed E-state index contributed by atoms with van der Waals surface area (Å²) in [5.41, 5.74) is 0.706. The van der Waals surface area contributed by atoms with E-state index >= 15 is 0 Å². The predicted molar refractivity (Wildman–Crippen MR) is 82.9 cm³/mol. The first-order chi connectivity index (χ1) is 9.60. The number of para-hydroxylation sites is 1. The summed E-state index contributed by atoms with van der Waals surface area (Å²) < 4.78 is 0.826. The Bertz CT molecular complexity index is 719. The molecule has 0 aliphatic carbocycles. The molecule has 20 heavy (non-hydrogen) atoms. The quantitative estimate of drug-likeness (QED) is 0.613. The molecule has 1 amide bonds. The maximum absolute atomic E-state index is 12.1. The van der Waals surface area contributed by atoms with Gasteiger partial charge in [0, 0.05) is 28.7 Å². The van der Waals surface area contributed by atoms with Crippen molar-refractivity contribution in [3.8, 4) is 0 Å². The summed E-state index contributed by atoms with van der Waals surface area (Å²) >= 11 is 9.44. The van der Waals surface area contributed by atoms with E-state index in [1.165, 1.54) is 0 Å². The molecule has 2 aromatic rings. The van der Waals surface area contributed by atoms with Gasteiger partial charge in [-0.3, -0.25) is 9.69 Å². The Labute approximate surface area is 129 Å². The number of aromatic nitrogens is 2. The van der Waals surface area contributed by atoms with Crippen molar-refractivity contribution < 1.29 is 4.79 Å². The minimum absolute atomic E-state index is 0.0333. The number of amides is 1. The molecule has 6 heteroatoms. The summed E-state index contributed by atoms with van der Waals surface area (Å²) in [7, 11) is 0. The number of hydrogen-bond donors (Lipinski definition) is 0. The van der Waals surface area contributed by atoms with Gasteiger partial charge in [0.25, 0.3) is 0 Å². The summed E-state index contributed by atoms with van der Waals surface area (Å²) in [6.45, 7) is 4.33. The fourth-order valence-corrected chi connectivity index (χ4v) is 3.00. The van der Waals surface area contributed by atoms with Gasteiger partial charge in [0.05, 0.1) is 5.52 Å². The van der Waals surface area contributed by atoms with E-state index in [1.54, 1.807) is 11.0 Å². The van der Waals surface area contributed by atoms with Crippen molar-refractivity contribution in [2.75, 3.05) is 11.4 Å². The lowest BCUT2D eigenvalue weighted by Gasteiger charge is -2.17. The lowest BCUT2D eigenvalue weighted by Crippen LogP contribution is -2.26. The molecule has 1 aromatic heterocycles. The first-order valence-electron chi connectivity index (χ1n) is 6.15. The van der Waals surface area contributed by atoms with Crippen LogP contribution < -0.4 is 4.90 Å². The van der Waals surface area contributed by atoms with Crippen LogP contribution in [-0.2, 0) is 4.79 Å². The van der Waals surface area contributed by atoms with Crippen molar-refractivity contribution in [1.82, 2.24) is 9.97 Å². The van der Waals surface area contributed by atoms with Gasteiger partial charge in [0.1, 0.15) is 5.82 Å². The average molecular weight is 353 g/mol. The second kappa shape index (κ2) is 5.14. The number of rotatable bonds is 2. The first kappa shape index (κ1) is 13.5. The van der Waals surface area contributed by atoms with Crippen LogP contribution in [0.4, 0.5) is 5.82 Å². The summed E-state index contributed by atoms with van der Waals surface area (Å²) in [4.78, 5) is 22.3. The van der Waals surface area contributed by atoms with Gasteiger partial charge in [-0.1, -0.05) is 12.1 Å². The molecule has 2 heterocycles. The van der Waals surface area contributed by atoms with Crippen LogP contribution in [0, 0.1) is 5.92 Å². The molecule has 0 N–H and O–H groups in total. The molecular weight excluding hydrogens is 342 g/mol. The SMILES string of the molecule is C=CC1CC(=O)N(c2nc(Cl)nc3c(Br)cccc23)C1. The van der Waals surface area contributed by atoms with Crippen molar-refractivity contribution in [1.29, 1.82) is 0 Å². The highest BCUT2D eigenvalue weighted by Gasteiger charge is 2.31. The highest BCUT2D eigenvalue weighted by molar-refractivity contribution is 9.10. The third kappa shape index (κ3) is 2.21. The van der Waals surface area contributed by atoms with E-state index in [9.17, 15) is 4.79 Å². The zero-order valence-electron chi connectivity index (χ0n) is 10.5. The van der Waals surface area contributed by atoms with Gasteiger partial charge in [0.15, 0.2) is 0 Å². The Morgan fingerprint density at radius 1 is 1.45 bits per heavy atom. The molecule has 1 aliphatic heterocycles. The normalized spacial score (nSPS) is 18.8. The van der Waals surface area contributed by atoms with Crippen LogP contribution in [0.2, 0.25) is 5.28 Å². The van der Waals surface area contributed by atoms with E-state index in [2.05, 4.69) is 32.5 Å². The average Bonchev–Trinajstić information content (AvgIpc) is 2.80. The minimum Gasteiger partial charge on any atom is -0.296 e. The number of carbonyl (C=O) groups excluding carboxylic acids is 1. The van der Waals surface area contributed by atoms with Gasteiger partial charge < -0.3 is 0 Å². The van der Waals surface area contributed by atoms with Gasteiger partial charge in [-0.2, -0.15) is 4.98 Å². The zero-order valence-corrected chi connectivity index (χ0v) is 12.9. The monoisotopic (exact) mass is 351 g/mol. The van der Waals surface area contributed by atoms with Crippen LogP contribution in [0.15, 0.2) is 35.3 Å². The third-order valence-corrected chi connectivity index (χ3v) is 4.18. The zero-order chi connectivity index (χ0) is 14.3. The number of nitrogens with zero attached hydrogens (tertiary/aromatic N) is 3. The van der Waals surface area contributed by atoms with E-state index in [0.717, 1.165) is 9.86 Å². The maximum atomic E-state index is 12.1. The van der Waals surface area contributed by atoms with Crippen LogP contribution >= 0.6 is 27.5 Å².